The fraction of sp³-hybridized carbons (Fsp3) is 0.353. The molecular weight excluding hydrogens is 218 g/mol. The molecule has 18 heavy (non-hydrogen) atoms. The maximum atomic E-state index is 4.57. The van der Waals surface area contributed by atoms with Crippen LogP contribution in [0, 0.1) is 6.92 Å². The summed E-state index contributed by atoms with van der Waals surface area (Å²) in [6.07, 6.45) is 5.25. The van der Waals surface area contributed by atoms with Crippen molar-refractivity contribution in [2.75, 3.05) is 0 Å². The summed E-state index contributed by atoms with van der Waals surface area (Å²) >= 11 is 0. The van der Waals surface area contributed by atoms with E-state index in [0.717, 1.165) is 18.5 Å². The molecule has 1 heteroatoms. The molecule has 0 N–H and O–H groups in total. The Balaban J connectivity index is 2.56. The van der Waals surface area contributed by atoms with Gasteiger partial charge in [-0.3, -0.25) is 4.98 Å². The number of rotatable bonds is 4. The number of hydrogen-bond donors (Lipinski definition) is 0. The highest BCUT2D eigenvalue weighted by atomic mass is 14.7. The van der Waals surface area contributed by atoms with Gasteiger partial charge in [-0.05, 0) is 48.6 Å². The Labute approximate surface area is 110 Å². The van der Waals surface area contributed by atoms with Crippen molar-refractivity contribution >= 4 is 0 Å². The van der Waals surface area contributed by atoms with Gasteiger partial charge in [0.25, 0.3) is 0 Å². The first-order valence-corrected chi connectivity index (χ1v) is 6.80. The molecule has 1 nitrogen and oxygen atoms in total. The van der Waals surface area contributed by atoms with Crippen LogP contribution in [0.2, 0.25) is 0 Å². The van der Waals surface area contributed by atoms with Crippen LogP contribution < -0.4 is 0 Å². The second-order valence-corrected chi connectivity index (χ2v) is 4.76. The minimum atomic E-state index is 1.07. The van der Waals surface area contributed by atoms with Crippen LogP contribution in [0.3, 0.4) is 0 Å². The van der Waals surface area contributed by atoms with Crippen molar-refractivity contribution in [1.29, 1.82) is 0 Å². The highest BCUT2D eigenvalue weighted by molar-refractivity contribution is 5.67. The van der Waals surface area contributed by atoms with Crippen LogP contribution in [-0.2, 0) is 12.8 Å². The lowest BCUT2D eigenvalue weighted by atomic mass is 9.95. The van der Waals surface area contributed by atoms with Gasteiger partial charge in [0.05, 0.1) is 5.69 Å². The molecule has 0 aliphatic rings. The molecule has 94 valence electrons. The van der Waals surface area contributed by atoms with E-state index in [2.05, 4.69) is 50.0 Å². The normalized spacial score (nSPS) is 10.6. The molecule has 0 spiro atoms. The van der Waals surface area contributed by atoms with Gasteiger partial charge in [0.15, 0.2) is 0 Å². The quantitative estimate of drug-likeness (QED) is 0.761. The lowest BCUT2D eigenvalue weighted by Gasteiger charge is -2.12. The SMILES string of the molecule is CCCc1ccc(CC)cc1-c1ncccc1C. The van der Waals surface area contributed by atoms with Gasteiger partial charge < -0.3 is 0 Å². The summed E-state index contributed by atoms with van der Waals surface area (Å²) < 4.78 is 0. The maximum absolute atomic E-state index is 4.57. The number of pyridine rings is 1. The molecular formula is C17H21N. The first kappa shape index (κ1) is 12.8. The number of aromatic nitrogens is 1. The van der Waals surface area contributed by atoms with E-state index < -0.39 is 0 Å². The van der Waals surface area contributed by atoms with Crippen LogP contribution in [0.5, 0.6) is 0 Å². The molecule has 1 aromatic heterocycles. The summed E-state index contributed by atoms with van der Waals surface area (Å²) in [5, 5.41) is 0. The second kappa shape index (κ2) is 5.81. The van der Waals surface area contributed by atoms with Crippen molar-refractivity contribution in [2.45, 2.75) is 40.0 Å². The summed E-state index contributed by atoms with van der Waals surface area (Å²) in [4.78, 5) is 4.57. The third-order valence-corrected chi connectivity index (χ3v) is 3.37. The zero-order chi connectivity index (χ0) is 13.0. The average Bonchev–Trinajstić information content (AvgIpc) is 2.40. The minimum absolute atomic E-state index is 1.07. The minimum Gasteiger partial charge on any atom is -0.256 e. The third-order valence-electron chi connectivity index (χ3n) is 3.37. The van der Waals surface area contributed by atoms with Crippen molar-refractivity contribution in [2.24, 2.45) is 0 Å². The molecule has 1 aromatic carbocycles. The van der Waals surface area contributed by atoms with Gasteiger partial charge in [-0.25, -0.2) is 0 Å². The van der Waals surface area contributed by atoms with Crippen LogP contribution in [0.1, 0.15) is 37.0 Å². The Bertz CT molecular complexity index is 529. The highest BCUT2D eigenvalue weighted by Gasteiger charge is 2.09. The fourth-order valence-corrected chi connectivity index (χ4v) is 2.32. The van der Waals surface area contributed by atoms with E-state index in [4.69, 9.17) is 0 Å². The first-order chi connectivity index (χ1) is 8.76. The Kier molecular flexibility index (Phi) is 4.14. The maximum Gasteiger partial charge on any atom is 0.0733 e. The van der Waals surface area contributed by atoms with Crippen LogP contribution in [0.25, 0.3) is 11.3 Å². The molecule has 2 aromatic rings. The summed E-state index contributed by atoms with van der Waals surface area (Å²) in [7, 11) is 0. The molecule has 0 saturated carbocycles. The second-order valence-electron chi connectivity index (χ2n) is 4.76. The average molecular weight is 239 g/mol. The number of aryl methyl sites for hydroxylation is 3. The lowest BCUT2D eigenvalue weighted by molar-refractivity contribution is 0.920. The predicted molar refractivity (Wildman–Crippen MR) is 77.8 cm³/mol. The van der Waals surface area contributed by atoms with Gasteiger partial charge in [-0.15, -0.1) is 0 Å². The van der Waals surface area contributed by atoms with Gasteiger partial charge in [0.2, 0.25) is 0 Å². The molecule has 0 unspecified atom stereocenters. The topological polar surface area (TPSA) is 12.9 Å². The monoisotopic (exact) mass is 239 g/mol. The van der Waals surface area contributed by atoms with E-state index in [1.165, 1.54) is 28.7 Å². The zero-order valence-corrected chi connectivity index (χ0v) is 11.5. The number of nitrogens with zero attached hydrogens (tertiary/aromatic N) is 1. The van der Waals surface area contributed by atoms with Crippen molar-refractivity contribution in [1.82, 2.24) is 4.98 Å². The Morgan fingerprint density at radius 2 is 1.94 bits per heavy atom. The van der Waals surface area contributed by atoms with E-state index in [-0.39, 0.29) is 0 Å². The van der Waals surface area contributed by atoms with E-state index in [1.54, 1.807) is 0 Å². The Morgan fingerprint density at radius 1 is 1.11 bits per heavy atom. The van der Waals surface area contributed by atoms with E-state index >= 15 is 0 Å². The Hall–Kier alpha value is -1.63. The standard InChI is InChI=1S/C17H21N/c1-4-7-15-10-9-14(5-2)12-16(15)17-13(3)8-6-11-18-17/h6,8-12H,4-5,7H2,1-3H3. The van der Waals surface area contributed by atoms with Gasteiger partial charge >= 0.3 is 0 Å². The lowest BCUT2D eigenvalue weighted by Crippen LogP contribution is -1.95. The summed E-state index contributed by atoms with van der Waals surface area (Å²) in [6.45, 7) is 6.56. The molecule has 0 fully saturated rings. The smallest absolute Gasteiger partial charge is 0.0733 e. The largest absolute Gasteiger partial charge is 0.256 e. The number of benzene rings is 1. The van der Waals surface area contributed by atoms with Crippen LogP contribution in [0.15, 0.2) is 36.5 Å². The predicted octanol–water partition coefficient (Wildman–Crippen LogP) is 4.57. The first-order valence-electron chi connectivity index (χ1n) is 6.80. The van der Waals surface area contributed by atoms with Crippen LogP contribution in [0.4, 0.5) is 0 Å². The van der Waals surface area contributed by atoms with E-state index in [0.29, 0.717) is 0 Å². The van der Waals surface area contributed by atoms with Crippen molar-refractivity contribution in [3.63, 3.8) is 0 Å². The molecule has 0 atom stereocenters. The van der Waals surface area contributed by atoms with Crippen molar-refractivity contribution in [3.8, 4) is 11.3 Å². The van der Waals surface area contributed by atoms with E-state index in [9.17, 15) is 0 Å². The van der Waals surface area contributed by atoms with Crippen LogP contribution in [-0.4, -0.2) is 4.98 Å². The van der Waals surface area contributed by atoms with E-state index in [1.807, 2.05) is 12.3 Å². The van der Waals surface area contributed by atoms with Crippen molar-refractivity contribution < 1.29 is 0 Å². The molecule has 0 aliphatic carbocycles. The molecule has 0 amide bonds. The third kappa shape index (κ3) is 2.61. The fourth-order valence-electron chi connectivity index (χ4n) is 2.32. The molecule has 0 aliphatic heterocycles. The number of hydrogen-bond acceptors (Lipinski definition) is 1. The molecule has 1 heterocycles. The van der Waals surface area contributed by atoms with Gasteiger partial charge in [-0.2, -0.15) is 0 Å². The van der Waals surface area contributed by atoms with Gasteiger partial charge in [0.1, 0.15) is 0 Å². The summed E-state index contributed by atoms with van der Waals surface area (Å²) in [5.74, 6) is 0. The van der Waals surface area contributed by atoms with Gasteiger partial charge in [0, 0.05) is 11.8 Å². The molecule has 0 bridgehead atoms. The summed E-state index contributed by atoms with van der Waals surface area (Å²) in [5.41, 5.74) is 6.50. The summed E-state index contributed by atoms with van der Waals surface area (Å²) in [6, 6.07) is 11.0. The molecule has 0 saturated heterocycles. The highest BCUT2D eigenvalue weighted by Crippen LogP contribution is 2.27. The van der Waals surface area contributed by atoms with Crippen molar-refractivity contribution in [3.05, 3.63) is 53.2 Å². The zero-order valence-electron chi connectivity index (χ0n) is 11.5. The van der Waals surface area contributed by atoms with Crippen LogP contribution >= 0.6 is 0 Å². The Morgan fingerprint density at radius 3 is 2.61 bits per heavy atom. The van der Waals surface area contributed by atoms with Gasteiger partial charge in [-0.1, -0.05) is 38.5 Å². The molecule has 0 radical (unpaired) electrons. The molecule has 2 rings (SSSR count).